The summed E-state index contributed by atoms with van der Waals surface area (Å²) in [5, 5.41) is 11.2. The summed E-state index contributed by atoms with van der Waals surface area (Å²) in [4.78, 5) is 32.8. The fourth-order valence-electron chi connectivity index (χ4n) is 6.28. The van der Waals surface area contributed by atoms with E-state index in [1.165, 1.54) is 35.2 Å². The van der Waals surface area contributed by atoms with Gasteiger partial charge >= 0.3 is 0 Å². The van der Waals surface area contributed by atoms with Crippen LogP contribution in [0.15, 0.2) is 66.7 Å². The molecule has 1 aliphatic carbocycles. The van der Waals surface area contributed by atoms with Crippen molar-refractivity contribution in [2.75, 3.05) is 75.2 Å². The van der Waals surface area contributed by atoms with Crippen LogP contribution in [-0.4, -0.2) is 80.9 Å². The van der Waals surface area contributed by atoms with Crippen LogP contribution in [0.3, 0.4) is 0 Å². The molecule has 50 heavy (non-hydrogen) atoms. The lowest BCUT2D eigenvalue weighted by atomic mass is 9.92. The van der Waals surface area contributed by atoms with Gasteiger partial charge in [0.05, 0.1) is 56.3 Å². The lowest BCUT2D eigenvalue weighted by Crippen LogP contribution is -2.30. The van der Waals surface area contributed by atoms with Crippen molar-refractivity contribution in [2.45, 2.75) is 52.9 Å². The summed E-state index contributed by atoms with van der Waals surface area (Å²) < 4.78 is 17.2. The number of ether oxygens (including phenoxy) is 3. The lowest BCUT2D eigenvalue weighted by Gasteiger charge is -2.21. The van der Waals surface area contributed by atoms with Crippen molar-refractivity contribution in [2.24, 2.45) is 0 Å². The molecular formula is C40H51N5O5. The molecule has 10 nitrogen and oxygen atoms in total. The number of carbonyl (C=O) groups excluding carboxylic acids is 2. The number of benzene rings is 3. The van der Waals surface area contributed by atoms with Crippen molar-refractivity contribution in [1.29, 1.82) is 0 Å². The zero-order chi connectivity index (χ0) is 35.1. The van der Waals surface area contributed by atoms with E-state index in [2.05, 4.69) is 34.1 Å². The molecule has 0 aliphatic heterocycles. The molecule has 0 atom stereocenters. The molecule has 10 heteroatoms. The number of amides is 2. The van der Waals surface area contributed by atoms with Crippen LogP contribution in [0, 0.1) is 0 Å². The molecule has 3 aromatic carbocycles. The van der Waals surface area contributed by atoms with Crippen LogP contribution in [0.2, 0.25) is 0 Å². The van der Waals surface area contributed by atoms with E-state index in [0.717, 1.165) is 35.4 Å². The van der Waals surface area contributed by atoms with E-state index in [9.17, 15) is 9.59 Å². The van der Waals surface area contributed by atoms with Crippen LogP contribution in [0.4, 0.5) is 17.1 Å². The number of para-hydroxylation sites is 1. The molecule has 0 bridgehead atoms. The Hall–Kier alpha value is -4.67. The van der Waals surface area contributed by atoms with Crippen LogP contribution in [0.5, 0.6) is 5.75 Å². The van der Waals surface area contributed by atoms with Gasteiger partial charge in [0.1, 0.15) is 5.75 Å². The Kier molecular flexibility index (Phi) is 13.8. The van der Waals surface area contributed by atoms with E-state index in [-0.39, 0.29) is 18.2 Å². The van der Waals surface area contributed by atoms with Gasteiger partial charge in [-0.3, -0.25) is 14.6 Å². The second-order valence-corrected chi connectivity index (χ2v) is 12.3. The average Bonchev–Trinajstić information content (AvgIpc) is 3.13. The predicted molar refractivity (Wildman–Crippen MR) is 201 cm³/mol. The summed E-state index contributed by atoms with van der Waals surface area (Å²) in [5.74, 6) is 0.518. The van der Waals surface area contributed by atoms with Gasteiger partial charge in [-0.15, -0.1) is 0 Å². The van der Waals surface area contributed by atoms with Crippen LogP contribution in [0.1, 0.15) is 60.8 Å². The second kappa shape index (κ2) is 18.9. The standard InChI is InChI=1S/C40H51N5O5/c1-4-45(5-2)40(47)30-17-20-36(37(28-30)44-38(46)27-29-15-18-31(19-16-29)50-6-3)41-21-23-48-25-26-49-24-22-42-39-32-11-7-9-13-34(32)43-35-14-10-8-12-33(35)39/h7,9,11,13,15-20,28,41H,4-6,8,10,12,14,21-27H2,1-3H3,(H,42,43)(H,44,46). The molecule has 266 valence electrons. The summed E-state index contributed by atoms with van der Waals surface area (Å²) in [6.45, 7) is 10.9. The van der Waals surface area contributed by atoms with Gasteiger partial charge in [0, 0.05) is 48.5 Å². The highest BCUT2D eigenvalue weighted by Crippen LogP contribution is 2.33. The summed E-state index contributed by atoms with van der Waals surface area (Å²) in [5.41, 5.74) is 7.49. The fraction of sp³-hybridized carbons (Fsp3) is 0.425. The molecule has 2 amide bonds. The molecule has 1 aliphatic rings. The lowest BCUT2D eigenvalue weighted by molar-refractivity contribution is -0.115. The van der Waals surface area contributed by atoms with Crippen LogP contribution in [0.25, 0.3) is 10.9 Å². The van der Waals surface area contributed by atoms with Gasteiger partial charge in [-0.2, -0.15) is 0 Å². The Balaban J connectivity index is 1.08. The van der Waals surface area contributed by atoms with Crippen molar-refractivity contribution >= 4 is 39.8 Å². The Morgan fingerprint density at radius 1 is 0.800 bits per heavy atom. The average molecular weight is 682 g/mol. The molecule has 4 aromatic rings. The van der Waals surface area contributed by atoms with Gasteiger partial charge < -0.3 is 35.1 Å². The molecule has 0 saturated carbocycles. The van der Waals surface area contributed by atoms with Crippen LogP contribution < -0.4 is 20.7 Å². The van der Waals surface area contributed by atoms with E-state index in [0.29, 0.717) is 70.5 Å². The monoisotopic (exact) mass is 681 g/mol. The van der Waals surface area contributed by atoms with Crippen molar-refractivity contribution in [3.8, 4) is 5.75 Å². The Labute approximate surface area is 295 Å². The minimum atomic E-state index is -0.176. The highest BCUT2D eigenvalue weighted by Gasteiger charge is 2.18. The number of fused-ring (bicyclic) bond motifs is 2. The Morgan fingerprint density at radius 2 is 1.52 bits per heavy atom. The van der Waals surface area contributed by atoms with Gasteiger partial charge in [-0.25, -0.2) is 0 Å². The number of rotatable bonds is 19. The number of nitrogens with one attached hydrogen (secondary N) is 3. The zero-order valence-electron chi connectivity index (χ0n) is 29.7. The van der Waals surface area contributed by atoms with Crippen molar-refractivity contribution in [3.05, 3.63) is 89.1 Å². The Bertz CT molecular complexity index is 1710. The zero-order valence-corrected chi connectivity index (χ0v) is 29.7. The number of anilines is 3. The molecule has 5 rings (SSSR count). The predicted octanol–water partition coefficient (Wildman–Crippen LogP) is 6.73. The third-order valence-corrected chi connectivity index (χ3v) is 8.84. The largest absolute Gasteiger partial charge is 0.494 e. The molecule has 1 aromatic heterocycles. The van der Waals surface area contributed by atoms with E-state index in [4.69, 9.17) is 19.2 Å². The van der Waals surface area contributed by atoms with E-state index < -0.39 is 0 Å². The number of carbonyl (C=O) groups is 2. The van der Waals surface area contributed by atoms with E-state index >= 15 is 0 Å². The number of hydrogen-bond acceptors (Lipinski definition) is 8. The highest BCUT2D eigenvalue weighted by molar-refractivity contribution is 6.00. The summed E-state index contributed by atoms with van der Waals surface area (Å²) >= 11 is 0. The van der Waals surface area contributed by atoms with Crippen LogP contribution in [-0.2, 0) is 33.5 Å². The molecule has 0 spiro atoms. The number of nitrogens with zero attached hydrogens (tertiary/aromatic N) is 2. The third-order valence-electron chi connectivity index (χ3n) is 8.84. The molecule has 3 N–H and O–H groups in total. The van der Waals surface area contributed by atoms with Gasteiger partial charge in [-0.05, 0) is 94.0 Å². The first-order valence-electron chi connectivity index (χ1n) is 18.0. The first-order chi connectivity index (χ1) is 24.5. The normalized spacial score (nSPS) is 12.3. The van der Waals surface area contributed by atoms with Crippen molar-refractivity contribution in [3.63, 3.8) is 0 Å². The quantitative estimate of drug-likeness (QED) is 0.0934. The maximum atomic E-state index is 13.1. The fourth-order valence-corrected chi connectivity index (χ4v) is 6.28. The smallest absolute Gasteiger partial charge is 0.253 e. The number of aryl methyl sites for hydroxylation is 1. The molecule has 0 unspecified atom stereocenters. The summed E-state index contributed by atoms with van der Waals surface area (Å²) in [7, 11) is 0. The van der Waals surface area contributed by atoms with Crippen molar-refractivity contribution in [1.82, 2.24) is 9.88 Å². The SMILES string of the molecule is CCOc1ccc(CC(=O)Nc2cc(C(=O)N(CC)CC)ccc2NCCOCCOCCNc2c3c(nc4ccccc24)CCCC3)cc1. The molecule has 0 fully saturated rings. The summed E-state index contributed by atoms with van der Waals surface area (Å²) in [6.07, 6.45) is 4.70. The second-order valence-electron chi connectivity index (χ2n) is 12.3. The molecule has 1 heterocycles. The maximum absolute atomic E-state index is 13.1. The molecule has 0 radical (unpaired) electrons. The topological polar surface area (TPSA) is 114 Å². The van der Waals surface area contributed by atoms with Gasteiger partial charge in [0.15, 0.2) is 0 Å². The number of pyridine rings is 1. The Morgan fingerprint density at radius 3 is 2.26 bits per heavy atom. The third kappa shape index (κ3) is 9.95. The van der Waals surface area contributed by atoms with Gasteiger partial charge in [0.25, 0.3) is 5.91 Å². The van der Waals surface area contributed by atoms with Gasteiger partial charge in [-0.1, -0.05) is 30.3 Å². The van der Waals surface area contributed by atoms with E-state index in [1.54, 1.807) is 17.0 Å². The first-order valence-corrected chi connectivity index (χ1v) is 18.0. The summed E-state index contributed by atoms with van der Waals surface area (Å²) in [6, 6.07) is 21.2. The van der Waals surface area contributed by atoms with Crippen molar-refractivity contribution < 1.29 is 23.8 Å². The van der Waals surface area contributed by atoms with E-state index in [1.807, 2.05) is 57.2 Å². The first kappa shape index (κ1) is 36.6. The minimum Gasteiger partial charge on any atom is -0.494 e. The number of aromatic nitrogens is 1. The minimum absolute atomic E-state index is 0.0735. The molecule has 0 saturated heterocycles. The maximum Gasteiger partial charge on any atom is 0.253 e. The van der Waals surface area contributed by atoms with Gasteiger partial charge in [0.2, 0.25) is 5.91 Å². The van der Waals surface area contributed by atoms with Crippen LogP contribution >= 0.6 is 0 Å². The number of hydrogen-bond donors (Lipinski definition) is 3. The molecular weight excluding hydrogens is 630 g/mol. The highest BCUT2D eigenvalue weighted by atomic mass is 16.5.